The quantitative estimate of drug-likeness (QED) is 0.288. The van der Waals surface area contributed by atoms with Crippen molar-refractivity contribution in [1.29, 1.82) is 0 Å². The van der Waals surface area contributed by atoms with Crippen LogP contribution in [0.2, 0.25) is 0 Å². The maximum Gasteiger partial charge on any atom is 0.321 e. The molecular weight excluding hydrogens is 460 g/mol. The van der Waals surface area contributed by atoms with Crippen LogP contribution in [0.4, 0.5) is 4.79 Å². The number of ether oxygens (including phenoxy) is 2. The van der Waals surface area contributed by atoms with Gasteiger partial charge in [0.2, 0.25) is 11.8 Å². The molecule has 0 radical (unpaired) electrons. The molecule has 0 aliphatic carbocycles. The lowest BCUT2D eigenvalue weighted by Gasteiger charge is -2.14. The molecule has 0 aliphatic heterocycles. The fourth-order valence-corrected chi connectivity index (χ4v) is 4.03. The molecule has 36 heavy (non-hydrogen) atoms. The first kappa shape index (κ1) is 26.6. The zero-order valence-electron chi connectivity index (χ0n) is 21.0. The van der Waals surface area contributed by atoms with Gasteiger partial charge in [0, 0.05) is 23.3 Å². The zero-order valence-corrected chi connectivity index (χ0v) is 21.0. The second-order valence-corrected chi connectivity index (χ2v) is 8.60. The van der Waals surface area contributed by atoms with Crippen LogP contribution in [0.1, 0.15) is 36.1 Å². The number of fused-ring (bicyclic) bond motifs is 1. The Morgan fingerprint density at radius 1 is 0.889 bits per heavy atom. The monoisotopic (exact) mass is 494 g/mol. The Kier molecular flexibility index (Phi) is 9.73. The summed E-state index contributed by atoms with van der Waals surface area (Å²) in [5, 5.41) is 8.42. The maximum atomic E-state index is 12.1. The van der Waals surface area contributed by atoms with Crippen LogP contribution in [0.3, 0.4) is 0 Å². The largest absolute Gasteiger partial charge is 0.496 e. The van der Waals surface area contributed by atoms with Gasteiger partial charge >= 0.3 is 6.03 Å². The van der Waals surface area contributed by atoms with E-state index in [1.165, 1.54) is 0 Å². The number of hydrogen-bond acceptors (Lipinski definition) is 5. The van der Waals surface area contributed by atoms with Gasteiger partial charge in [-0.25, -0.2) is 4.79 Å². The van der Waals surface area contributed by atoms with E-state index >= 15 is 0 Å². The molecular formula is C27H34N4O5. The van der Waals surface area contributed by atoms with E-state index in [4.69, 9.17) is 9.47 Å². The lowest BCUT2D eigenvalue weighted by atomic mass is 10.0. The number of methoxy groups -OCH3 is 2. The van der Waals surface area contributed by atoms with Gasteiger partial charge < -0.3 is 25.1 Å². The molecule has 4 N–H and O–H groups in total. The number of aromatic amines is 1. The zero-order chi connectivity index (χ0) is 25.9. The van der Waals surface area contributed by atoms with Gasteiger partial charge in [-0.3, -0.25) is 14.9 Å². The number of carbonyl (C=O) groups excluding carboxylic acids is 3. The highest BCUT2D eigenvalue weighted by molar-refractivity contribution is 5.96. The van der Waals surface area contributed by atoms with Crippen LogP contribution in [0.5, 0.6) is 11.5 Å². The van der Waals surface area contributed by atoms with Crippen molar-refractivity contribution < 1.29 is 23.9 Å². The number of para-hydroxylation sites is 1. The van der Waals surface area contributed by atoms with Crippen LogP contribution in [0, 0.1) is 6.92 Å². The van der Waals surface area contributed by atoms with Gasteiger partial charge in [0.1, 0.15) is 11.5 Å². The van der Waals surface area contributed by atoms with Crippen molar-refractivity contribution in [2.45, 2.75) is 39.0 Å². The van der Waals surface area contributed by atoms with E-state index in [-0.39, 0.29) is 18.9 Å². The summed E-state index contributed by atoms with van der Waals surface area (Å²) in [7, 11) is 3.31. The number of imide groups is 1. The fraction of sp³-hybridized carbons (Fsp3) is 0.370. The van der Waals surface area contributed by atoms with Crippen LogP contribution in [0.25, 0.3) is 10.9 Å². The molecule has 1 aromatic heterocycles. The van der Waals surface area contributed by atoms with E-state index in [1.54, 1.807) is 14.2 Å². The van der Waals surface area contributed by atoms with Crippen molar-refractivity contribution >= 4 is 28.7 Å². The van der Waals surface area contributed by atoms with Gasteiger partial charge in [-0.05, 0) is 61.4 Å². The molecule has 192 valence electrons. The highest BCUT2D eigenvalue weighted by atomic mass is 16.5. The molecule has 3 rings (SSSR count). The molecule has 0 atom stereocenters. The third-order valence-corrected chi connectivity index (χ3v) is 5.78. The van der Waals surface area contributed by atoms with Crippen LogP contribution in [0.15, 0.2) is 42.5 Å². The Morgan fingerprint density at radius 2 is 1.61 bits per heavy atom. The van der Waals surface area contributed by atoms with Crippen LogP contribution in [-0.4, -0.2) is 50.1 Å². The first-order valence-electron chi connectivity index (χ1n) is 12.0. The summed E-state index contributed by atoms with van der Waals surface area (Å²) in [4.78, 5) is 39.2. The summed E-state index contributed by atoms with van der Waals surface area (Å²) in [5.74, 6) is 0.880. The van der Waals surface area contributed by atoms with Crippen molar-refractivity contribution in [2.75, 3.05) is 27.3 Å². The third-order valence-electron chi connectivity index (χ3n) is 5.78. The molecule has 0 unspecified atom stereocenters. The van der Waals surface area contributed by atoms with Crippen molar-refractivity contribution in [3.8, 4) is 11.5 Å². The second-order valence-electron chi connectivity index (χ2n) is 8.60. The predicted molar refractivity (Wildman–Crippen MR) is 138 cm³/mol. The van der Waals surface area contributed by atoms with Crippen LogP contribution >= 0.6 is 0 Å². The molecule has 0 spiro atoms. The first-order chi connectivity index (χ1) is 17.4. The molecule has 4 amide bonds. The number of nitrogens with one attached hydrogen (secondary N) is 4. The summed E-state index contributed by atoms with van der Waals surface area (Å²) in [5.41, 5.74) is 3.76. The number of H-pyrrole nitrogens is 1. The van der Waals surface area contributed by atoms with Crippen LogP contribution in [-0.2, 0) is 22.4 Å². The van der Waals surface area contributed by atoms with Crippen molar-refractivity contribution in [3.63, 3.8) is 0 Å². The fourth-order valence-electron chi connectivity index (χ4n) is 4.03. The minimum atomic E-state index is -0.702. The van der Waals surface area contributed by atoms with Crippen molar-refractivity contribution in [3.05, 3.63) is 59.3 Å². The number of unbranched alkanes of at least 4 members (excludes halogenated alkanes) is 2. The number of aryl methyl sites for hydroxylation is 1. The second kappa shape index (κ2) is 13.2. The summed E-state index contributed by atoms with van der Waals surface area (Å²) in [6, 6.07) is 12.8. The highest BCUT2D eigenvalue weighted by Gasteiger charge is 2.13. The average Bonchev–Trinajstić information content (AvgIpc) is 3.27. The molecule has 0 aliphatic rings. The third kappa shape index (κ3) is 7.76. The average molecular weight is 495 g/mol. The number of urea groups is 1. The summed E-state index contributed by atoms with van der Waals surface area (Å²) < 4.78 is 11.0. The minimum Gasteiger partial charge on any atom is -0.496 e. The van der Waals surface area contributed by atoms with Gasteiger partial charge in [0.25, 0.3) is 0 Å². The molecule has 0 saturated heterocycles. The van der Waals surface area contributed by atoms with Gasteiger partial charge in [-0.1, -0.05) is 24.6 Å². The van der Waals surface area contributed by atoms with Gasteiger partial charge in [0.15, 0.2) is 0 Å². The standard InChI is InChI=1S/C27H34N4O5/c1-18-13-23(35-2)21(24(14-18)36-3)10-5-4-8-12-28-26(33)17-29-27(34)31-25(32)16-20-15-19-9-6-7-11-22(19)30-20/h6-7,9,11,13-15,30H,4-5,8,10,12,16-17H2,1-3H3,(H,28,33)(H2,29,31,32,34). The van der Waals surface area contributed by atoms with Crippen LogP contribution < -0.4 is 25.4 Å². The lowest BCUT2D eigenvalue weighted by molar-refractivity contribution is -0.121. The Hall–Kier alpha value is -4.01. The first-order valence-corrected chi connectivity index (χ1v) is 12.0. The number of aromatic nitrogens is 1. The van der Waals surface area contributed by atoms with E-state index in [1.807, 2.05) is 49.4 Å². The lowest BCUT2D eigenvalue weighted by Crippen LogP contribution is -2.44. The SMILES string of the molecule is COc1cc(C)cc(OC)c1CCCCCNC(=O)CNC(=O)NC(=O)Cc1cc2ccccc2[nH]1. The summed E-state index contributed by atoms with van der Waals surface area (Å²) in [6.07, 6.45) is 3.49. The molecule has 9 heteroatoms. The smallest absolute Gasteiger partial charge is 0.321 e. The van der Waals surface area contributed by atoms with Gasteiger partial charge in [0.05, 0.1) is 27.2 Å². The van der Waals surface area contributed by atoms with E-state index in [0.29, 0.717) is 12.2 Å². The normalized spacial score (nSPS) is 10.6. The van der Waals surface area contributed by atoms with Crippen molar-refractivity contribution in [2.24, 2.45) is 0 Å². The molecule has 0 fully saturated rings. The van der Waals surface area contributed by atoms with E-state index in [2.05, 4.69) is 20.9 Å². The maximum absolute atomic E-state index is 12.1. The molecule has 0 saturated carbocycles. The Morgan fingerprint density at radius 3 is 2.31 bits per heavy atom. The molecule has 2 aromatic carbocycles. The summed E-state index contributed by atoms with van der Waals surface area (Å²) in [6.45, 7) is 2.30. The summed E-state index contributed by atoms with van der Waals surface area (Å²) >= 11 is 0. The Labute approximate surface area is 210 Å². The van der Waals surface area contributed by atoms with Gasteiger partial charge in [-0.2, -0.15) is 0 Å². The topological polar surface area (TPSA) is 122 Å². The number of rotatable bonds is 12. The molecule has 0 bridgehead atoms. The highest BCUT2D eigenvalue weighted by Crippen LogP contribution is 2.31. The van der Waals surface area contributed by atoms with E-state index < -0.39 is 11.9 Å². The molecule has 9 nitrogen and oxygen atoms in total. The van der Waals surface area contributed by atoms with Gasteiger partial charge in [-0.15, -0.1) is 0 Å². The molecule has 3 aromatic rings. The Bertz CT molecular complexity index is 1150. The Balaban J connectivity index is 1.29. The number of hydrogen-bond donors (Lipinski definition) is 4. The van der Waals surface area contributed by atoms with E-state index in [9.17, 15) is 14.4 Å². The van der Waals surface area contributed by atoms with Crippen molar-refractivity contribution in [1.82, 2.24) is 20.9 Å². The minimum absolute atomic E-state index is 0.0363. The number of amides is 4. The van der Waals surface area contributed by atoms with E-state index in [0.717, 1.165) is 59.2 Å². The number of carbonyl (C=O) groups is 3. The molecule has 1 heterocycles. The number of benzene rings is 2. The predicted octanol–water partition coefficient (Wildman–Crippen LogP) is 3.39.